The lowest BCUT2D eigenvalue weighted by molar-refractivity contribution is -0.141. The molecule has 0 aromatic carbocycles. The molecule has 110 valence electrons. The van der Waals surface area contributed by atoms with Crippen LogP contribution in [0.3, 0.4) is 0 Å². The molecule has 0 aliphatic carbocycles. The molecule has 0 saturated heterocycles. The molecule has 0 aliphatic rings. The third kappa shape index (κ3) is 6.14. The van der Waals surface area contributed by atoms with E-state index in [1.54, 1.807) is 0 Å². The first kappa shape index (κ1) is 18.0. The number of carboxylic acids is 1. The molecular weight excluding hydrogens is 294 g/mol. The summed E-state index contributed by atoms with van der Waals surface area (Å²) in [5.74, 6) is -2.82. The van der Waals surface area contributed by atoms with Crippen LogP contribution < -0.4 is 16.4 Å². The lowest BCUT2D eigenvalue weighted by Crippen LogP contribution is -2.56. The molecule has 0 bridgehead atoms. The van der Waals surface area contributed by atoms with Gasteiger partial charge in [-0.2, -0.15) is 25.3 Å². The van der Waals surface area contributed by atoms with Crippen molar-refractivity contribution in [1.82, 2.24) is 10.6 Å². The Morgan fingerprint density at radius 2 is 1.53 bits per heavy atom. The van der Waals surface area contributed by atoms with Crippen molar-refractivity contribution in [3.8, 4) is 0 Å². The standard InChI is InChI=1S/C9H17N3O5S2/c10-4(1-13)7(14)11-5(2-18)8(15)12-6(3-19)9(16)17/h4-6,13,18-19H,1-3,10H2,(H,11,14)(H,12,15)(H,16,17). The molecule has 3 atom stereocenters. The lowest BCUT2D eigenvalue weighted by Gasteiger charge is -2.20. The zero-order valence-electron chi connectivity index (χ0n) is 9.94. The minimum absolute atomic E-state index is 0.0470. The van der Waals surface area contributed by atoms with Crippen molar-refractivity contribution < 1.29 is 24.6 Å². The summed E-state index contributed by atoms with van der Waals surface area (Å²) >= 11 is 7.68. The summed E-state index contributed by atoms with van der Waals surface area (Å²) in [5, 5.41) is 21.9. The molecule has 0 rings (SSSR count). The molecule has 3 unspecified atom stereocenters. The highest BCUT2D eigenvalue weighted by atomic mass is 32.1. The molecule has 0 fully saturated rings. The fourth-order valence-electron chi connectivity index (χ4n) is 1.01. The van der Waals surface area contributed by atoms with Gasteiger partial charge in [-0.3, -0.25) is 9.59 Å². The number of carboxylic acid groups (broad SMARTS) is 1. The van der Waals surface area contributed by atoms with Crippen LogP contribution in [0.25, 0.3) is 0 Å². The predicted molar refractivity (Wildman–Crippen MR) is 74.3 cm³/mol. The number of aliphatic hydroxyl groups is 1. The Labute approximate surface area is 120 Å². The molecule has 6 N–H and O–H groups in total. The first-order chi connectivity index (χ1) is 8.87. The van der Waals surface area contributed by atoms with Gasteiger partial charge in [-0.05, 0) is 0 Å². The molecule has 0 heterocycles. The van der Waals surface area contributed by atoms with Gasteiger partial charge in [0.15, 0.2) is 0 Å². The zero-order valence-corrected chi connectivity index (χ0v) is 11.7. The van der Waals surface area contributed by atoms with Crippen LogP contribution in [0.2, 0.25) is 0 Å². The van der Waals surface area contributed by atoms with Gasteiger partial charge in [0.25, 0.3) is 0 Å². The van der Waals surface area contributed by atoms with E-state index in [1.165, 1.54) is 0 Å². The highest BCUT2D eigenvalue weighted by molar-refractivity contribution is 7.80. The van der Waals surface area contributed by atoms with Crippen molar-refractivity contribution >= 4 is 43.0 Å². The van der Waals surface area contributed by atoms with Crippen LogP contribution in [-0.2, 0) is 14.4 Å². The molecular formula is C9H17N3O5S2. The van der Waals surface area contributed by atoms with Gasteiger partial charge in [0, 0.05) is 11.5 Å². The molecule has 10 heteroatoms. The number of carbonyl (C=O) groups is 3. The summed E-state index contributed by atoms with van der Waals surface area (Å²) in [7, 11) is 0. The fraction of sp³-hybridized carbons (Fsp3) is 0.667. The number of nitrogens with one attached hydrogen (secondary N) is 2. The van der Waals surface area contributed by atoms with Crippen LogP contribution >= 0.6 is 25.3 Å². The quantitative estimate of drug-likeness (QED) is 0.242. The van der Waals surface area contributed by atoms with Gasteiger partial charge in [-0.15, -0.1) is 0 Å². The van der Waals surface area contributed by atoms with E-state index in [2.05, 4.69) is 35.9 Å². The topological polar surface area (TPSA) is 142 Å². The number of carbonyl (C=O) groups excluding carboxylic acids is 2. The maximum Gasteiger partial charge on any atom is 0.327 e. The predicted octanol–water partition coefficient (Wildman–Crippen LogP) is -2.78. The van der Waals surface area contributed by atoms with E-state index in [0.717, 1.165) is 0 Å². The Bertz CT molecular complexity index is 342. The van der Waals surface area contributed by atoms with E-state index < -0.39 is 42.5 Å². The van der Waals surface area contributed by atoms with Gasteiger partial charge in [-0.1, -0.05) is 0 Å². The second kappa shape index (κ2) is 9.02. The van der Waals surface area contributed by atoms with Crippen LogP contribution in [0, 0.1) is 0 Å². The first-order valence-electron chi connectivity index (χ1n) is 5.29. The van der Waals surface area contributed by atoms with Gasteiger partial charge >= 0.3 is 5.97 Å². The van der Waals surface area contributed by atoms with Gasteiger partial charge in [-0.25, -0.2) is 4.79 Å². The number of nitrogens with two attached hydrogens (primary N) is 1. The molecule has 0 spiro atoms. The Hall–Kier alpha value is -0.970. The first-order valence-corrected chi connectivity index (χ1v) is 6.55. The average molecular weight is 311 g/mol. The third-order valence-corrected chi connectivity index (χ3v) is 2.88. The molecule has 0 aliphatic heterocycles. The maximum atomic E-state index is 11.7. The van der Waals surface area contributed by atoms with Gasteiger partial charge in [0.1, 0.15) is 18.1 Å². The van der Waals surface area contributed by atoms with Crippen molar-refractivity contribution in [2.45, 2.75) is 18.1 Å². The summed E-state index contributed by atoms with van der Waals surface area (Å²) in [6.45, 7) is -0.568. The minimum atomic E-state index is -1.24. The van der Waals surface area contributed by atoms with Gasteiger partial charge in [0.05, 0.1) is 6.61 Å². The van der Waals surface area contributed by atoms with Crippen LogP contribution in [-0.4, -0.2) is 64.2 Å². The normalized spacial score (nSPS) is 15.2. The largest absolute Gasteiger partial charge is 0.480 e. The number of rotatable bonds is 8. The van der Waals surface area contributed by atoms with Crippen molar-refractivity contribution in [3.63, 3.8) is 0 Å². The van der Waals surface area contributed by atoms with Crippen LogP contribution in [0.4, 0.5) is 0 Å². The summed E-state index contributed by atoms with van der Waals surface area (Å²) in [6.07, 6.45) is 0. The molecule has 0 aromatic heterocycles. The number of aliphatic hydroxyl groups excluding tert-OH is 1. The number of hydrogen-bond donors (Lipinski definition) is 7. The number of thiol groups is 2. The van der Waals surface area contributed by atoms with E-state index in [4.69, 9.17) is 15.9 Å². The minimum Gasteiger partial charge on any atom is -0.480 e. The second-order valence-corrected chi connectivity index (χ2v) is 4.35. The summed E-state index contributed by atoms with van der Waals surface area (Å²) in [5.41, 5.74) is 5.27. The lowest BCUT2D eigenvalue weighted by atomic mass is 10.2. The Balaban J connectivity index is 4.56. The highest BCUT2D eigenvalue weighted by Gasteiger charge is 2.26. The molecule has 0 aromatic rings. The van der Waals surface area contributed by atoms with Crippen LogP contribution in [0.5, 0.6) is 0 Å². The Morgan fingerprint density at radius 3 is 1.89 bits per heavy atom. The van der Waals surface area contributed by atoms with Crippen molar-refractivity contribution in [1.29, 1.82) is 0 Å². The fourth-order valence-corrected chi connectivity index (χ4v) is 1.52. The molecule has 0 saturated carbocycles. The van der Waals surface area contributed by atoms with E-state index in [9.17, 15) is 14.4 Å². The number of amides is 2. The third-order valence-electron chi connectivity index (χ3n) is 2.15. The number of aliphatic carboxylic acids is 1. The van der Waals surface area contributed by atoms with E-state index in [1.807, 2.05) is 0 Å². The van der Waals surface area contributed by atoms with E-state index >= 15 is 0 Å². The number of hydrogen-bond acceptors (Lipinski definition) is 7. The smallest absolute Gasteiger partial charge is 0.327 e. The SMILES string of the molecule is NC(CO)C(=O)NC(CS)C(=O)NC(CS)C(=O)O. The van der Waals surface area contributed by atoms with E-state index in [-0.39, 0.29) is 11.5 Å². The molecule has 19 heavy (non-hydrogen) atoms. The zero-order chi connectivity index (χ0) is 15.0. The maximum absolute atomic E-state index is 11.7. The Kier molecular flexibility index (Phi) is 8.56. The molecule has 2 amide bonds. The monoisotopic (exact) mass is 311 g/mol. The van der Waals surface area contributed by atoms with Crippen molar-refractivity contribution in [2.75, 3.05) is 18.1 Å². The van der Waals surface area contributed by atoms with Crippen LogP contribution in [0.15, 0.2) is 0 Å². The van der Waals surface area contributed by atoms with Gasteiger partial charge in [0.2, 0.25) is 11.8 Å². The summed E-state index contributed by atoms with van der Waals surface area (Å²) in [4.78, 5) is 33.8. The van der Waals surface area contributed by atoms with Crippen molar-refractivity contribution in [2.24, 2.45) is 5.73 Å². The average Bonchev–Trinajstić information content (AvgIpc) is 2.39. The van der Waals surface area contributed by atoms with E-state index in [0.29, 0.717) is 0 Å². The summed E-state index contributed by atoms with van der Waals surface area (Å²) < 4.78 is 0. The Morgan fingerprint density at radius 1 is 1.05 bits per heavy atom. The molecule has 0 radical (unpaired) electrons. The highest BCUT2D eigenvalue weighted by Crippen LogP contribution is 1.94. The molecule has 8 nitrogen and oxygen atoms in total. The summed E-state index contributed by atoms with van der Waals surface area (Å²) in [6, 6.07) is -3.37. The van der Waals surface area contributed by atoms with Crippen molar-refractivity contribution in [3.05, 3.63) is 0 Å². The second-order valence-electron chi connectivity index (χ2n) is 3.61. The van der Waals surface area contributed by atoms with Crippen LogP contribution in [0.1, 0.15) is 0 Å². The van der Waals surface area contributed by atoms with Gasteiger partial charge < -0.3 is 26.6 Å².